The van der Waals surface area contributed by atoms with E-state index in [0.29, 0.717) is 24.2 Å². The molecule has 1 aliphatic heterocycles. The van der Waals surface area contributed by atoms with Gasteiger partial charge in [-0.2, -0.15) is 0 Å². The van der Waals surface area contributed by atoms with Crippen LogP contribution in [0.15, 0.2) is 24.5 Å². The molecule has 3 fully saturated rings. The molecule has 5 rings (SSSR count). The number of hydrogen-bond acceptors (Lipinski definition) is 8. The molecule has 2 aromatic heterocycles. The van der Waals surface area contributed by atoms with E-state index in [2.05, 4.69) is 27.1 Å². The zero-order chi connectivity index (χ0) is 27.7. The van der Waals surface area contributed by atoms with Gasteiger partial charge in [-0.1, -0.05) is 17.7 Å². The predicted molar refractivity (Wildman–Crippen MR) is 143 cm³/mol. The molecule has 4 N–H and O–H groups in total. The van der Waals surface area contributed by atoms with E-state index in [4.69, 9.17) is 15.9 Å². The summed E-state index contributed by atoms with van der Waals surface area (Å²) in [5, 5.41) is 10.6. The van der Waals surface area contributed by atoms with Gasteiger partial charge in [-0.3, -0.25) is 24.9 Å². The van der Waals surface area contributed by atoms with Crippen LogP contribution in [0.3, 0.4) is 0 Å². The summed E-state index contributed by atoms with van der Waals surface area (Å²) in [5.74, 6) is 6.22. The molecule has 0 aromatic carbocycles. The molecule has 3 aliphatic rings. The summed E-state index contributed by atoms with van der Waals surface area (Å²) in [7, 11) is 1.37. The minimum atomic E-state index is -2.85. The van der Waals surface area contributed by atoms with Crippen LogP contribution in [0, 0.1) is 35.0 Å². The largest absolute Gasteiger partial charge is 0.494 e. The van der Waals surface area contributed by atoms with Crippen LogP contribution in [0.2, 0.25) is 0 Å². The first-order chi connectivity index (χ1) is 18.7. The number of alkyl halides is 2. The van der Waals surface area contributed by atoms with Crippen LogP contribution in [-0.2, 0) is 4.79 Å². The number of amides is 2. The van der Waals surface area contributed by atoms with E-state index in [1.165, 1.54) is 19.5 Å². The van der Waals surface area contributed by atoms with E-state index >= 15 is 0 Å². The number of rotatable bonds is 7. The molecule has 204 valence electrons. The quantitative estimate of drug-likeness (QED) is 0.204. The average molecular weight is 555 g/mol. The number of hydrogen-bond donors (Lipinski definition) is 3. The lowest BCUT2D eigenvalue weighted by molar-refractivity contribution is -0.129. The molecule has 2 amide bonds. The Morgan fingerprint density at radius 2 is 2.00 bits per heavy atom. The number of piperidine rings is 1. The van der Waals surface area contributed by atoms with Crippen LogP contribution < -0.4 is 20.7 Å². The fourth-order valence-corrected chi connectivity index (χ4v) is 5.35. The SMILES string of the molecule is COc1cnc(C(F)F)cc1-c1cc(N2CCC3CCC3C2=O)ncc1C(=O)NC(N)SC(=N)C#CC1CC1. The molecular formula is C27H28F2N6O3S. The van der Waals surface area contributed by atoms with Crippen LogP contribution in [-0.4, -0.2) is 46.0 Å². The lowest BCUT2D eigenvalue weighted by Gasteiger charge is -2.43. The number of carbonyl (C=O) groups excluding carboxylic acids is 2. The molecule has 0 radical (unpaired) electrons. The van der Waals surface area contributed by atoms with Gasteiger partial charge in [-0.05, 0) is 56.1 Å². The number of thioether (sulfide) groups is 1. The van der Waals surface area contributed by atoms with Gasteiger partial charge in [0.05, 0.1) is 18.9 Å². The molecule has 3 heterocycles. The Kier molecular flexibility index (Phi) is 7.81. The smallest absolute Gasteiger partial charge is 0.280 e. The highest BCUT2D eigenvalue weighted by Gasteiger charge is 2.43. The van der Waals surface area contributed by atoms with Crippen molar-refractivity contribution in [3.63, 3.8) is 0 Å². The lowest BCUT2D eigenvalue weighted by atomic mass is 9.69. The number of nitrogens with one attached hydrogen (secondary N) is 2. The summed E-state index contributed by atoms with van der Waals surface area (Å²) in [5.41, 5.74) is 5.07. The van der Waals surface area contributed by atoms with Gasteiger partial charge in [-0.15, -0.1) is 0 Å². The van der Waals surface area contributed by atoms with Crippen molar-refractivity contribution < 1.29 is 23.1 Å². The van der Waals surface area contributed by atoms with Crippen molar-refractivity contribution in [2.75, 3.05) is 18.6 Å². The highest BCUT2D eigenvalue weighted by molar-refractivity contribution is 8.14. The fourth-order valence-electron chi connectivity index (χ4n) is 4.81. The normalized spacial score (nSPS) is 20.8. The first-order valence-corrected chi connectivity index (χ1v) is 13.6. The number of aromatic nitrogens is 2. The molecule has 2 aliphatic carbocycles. The Bertz CT molecular complexity index is 1370. The number of anilines is 1. The first kappa shape index (κ1) is 27.0. The minimum Gasteiger partial charge on any atom is -0.494 e. The second-order valence-corrected chi connectivity index (χ2v) is 11.0. The maximum absolute atomic E-state index is 13.6. The third kappa shape index (κ3) is 5.89. The standard InChI is InChI=1S/C27H28F2N6O3S/c1-38-21-13-32-20(24(28)29)10-18(21)17-11-23(35-9-8-15-5-6-16(15)26(35)37)33-12-19(17)25(36)34-27(31)39-22(30)7-4-14-2-3-14/h10-16,24,27,30H,2-3,5-6,8-9,31H2,1H3,(H,34,36). The second-order valence-electron chi connectivity index (χ2n) is 9.81. The first-order valence-electron chi connectivity index (χ1n) is 12.7. The maximum Gasteiger partial charge on any atom is 0.280 e. The highest BCUT2D eigenvalue weighted by Crippen LogP contribution is 2.43. The van der Waals surface area contributed by atoms with Crippen molar-refractivity contribution in [1.82, 2.24) is 15.3 Å². The number of ether oxygens (including phenoxy) is 1. The Balaban J connectivity index is 1.47. The molecule has 1 saturated heterocycles. The van der Waals surface area contributed by atoms with Crippen molar-refractivity contribution in [3.05, 3.63) is 35.8 Å². The van der Waals surface area contributed by atoms with Gasteiger partial charge < -0.3 is 15.8 Å². The topological polar surface area (TPSA) is 134 Å². The molecule has 2 saturated carbocycles. The number of nitrogens with two attached hydrogens (primary N) is 1. The number of halogens is 2. The van der Waals surface area contributed by atoms with E-state index in [-0.39, 0.29) is 39.3 Å². The molecule has 2 aromatic rings. The van der Waals surface area contributed by atoms with E-state index in [1.807, 2.05) is 0 Å². The van der Waals surface area contributed by atoms with E-state index in [0.717, 1.165) is 49.9 Å². The van der Waals surface area contributed by atoms with Gasteiger partial charge in [0.15, 0.2) is 0 Å². The maximum atomic E-state index is 13.6. The molecule has 0 bridgehead atoms. The third-order valence-corrected chi connectivity index (χ3v) is 7.95. The van der Waals surface area contributed by atoms with E-state index in [9.17, 15) is 18.4 Å². The van der Waals surface area contributed by atoms with Crippen LogP contribution >= 0.6 is 11.8 Å². The number of fused-ring (bicyclic) bond motifs is 1. The van der Waals surface area contributed by atoms with Gasteiger partial charge >= 0.3 is 0 Å². The lowest BCUT2D eigenvalue weighted by Crippen LogP contribution is -2.50. The summed E-state index contributed by atoms with van der Waals surface area (Å²) in [6.07, 6.45) is 4.40. The fraction of sp³-hybridized carbons (Fsp3) is 0.444. The van der Waals surface area contributed by atoms with Gasteiger partial charge in [0.2, 0.25) is 5.91 Å². The zero-order valence-corrected chi connectivity index (χ0v) is 22.1. The average Bonchev–Trinajstić information content (AvgIpc) is 3.72. The Morgan fingerprint density at radius 1 is 1.21 bits per heavy atom. The third-order valence-electron chi connectivity index (χ3n) is 7.24. The summed E-state index contributed by atoms with van der Waals surface area (Å²) in [6.45, 7) is 0.485. The minimum absolute atomic E-state index is 0.0210. The van der Waals surface area contributed by atoms with Crippen LogP contribution in [0.1, 0.15) is 54.6 Å². The van der Waals surface area contributed by atoms with Crippen LogP contribution in [0.25, 0.3) is 11.1 Å². The van der Waals surface area contributed by atoms with Gasteiger partial charge in [0.25, 0.3) is 12.3 Å². The monoisotopic (exact) mass is 554 g/mol. The van der Waals surface area contributed by atoms with E-state index < -0.39 is 23.5 Å². The molecule has 9 nitrogen and oxygen atoms in total. The molecule has 12 heteroatoms. The Labute approximate surface area is 228 Å². The van der Waals surface area contributed by atoms with Gasteiger partial charge in [-0.25, -0.2) is 13.8 Å². The highest BCUT2D eigenvalue weighted by atomic mass is 32.2. The Hall–Kier alpha value is -3.56. The molecular weight excluding hydrogens is 526 g/mol. The summed E-state index contributed by atoms with van der Waals surface area (Å²) in [6, 6.07) is 2.71. The van der Waals surface area contributed by atoms with E-state index in [1.54, 1.807) is 11.0 Å². The van der Waals surface area contributed by atoms with Crippen molar-refractivity contribution in [2.45, 2.75) is 44.0 Å². The van der Waals surface area contributed by atoms with Crippen molar-refractivity contribution in [2.24, 2.45) is 23.5 Å². The summed E-state index contributed by atoms with van der Waals surface area (Å²) in [4.78, 5) is 36.2. The molecule has 39 heavy (non-hydrogen) atoms. The zero-order valence-electron chi connectivity index (χ0n) is 21.2. The molecule has 0 spiro atoms. The van der Waals surface area contributed by atoms with Gasteiger partial charge in [0, 0.05) is 35.7 Å². The van der Waals surface area contributed by atoms with Crippen molar-refractivity contribution in [1.29, 1.82) is 5.41 Å². The predicted octanol–water partition coefficient (Wildman–Crippen LogP) is 3.95. The second kappa shape index (κ2) is 11.3. The number of nitrogens with zero attached hydrogens (tertiary/aromatic N) is 3. The number of methoxy groups -OCH3 is 1. The molecule has 3 atom stereocenters. The summed E-state index contributed by atoms with van der Waals surface area (Å²) >= 11 is 0.889. The van der Waals surface area contributed by atoms with Gasteiger partial charge in [0.1, 0.15) is 27.8 Å². The molecule has 3 unspecified atom stereocenters. The van der Waals surface area contributed by atoms with Crippen molar-refractivity contribution in [3.8, 4) is 28.7 Å². The van der Waals surface area contributed by atoms with Crippen LogP contribution in [0.4, 0.5) is 14.6 Å². The van der Waals surface area contributed by atoms with Crippen molar-refractivity contribution >= 4 is 34.4 Å². The van der Waals surface area contributed by atoms with Crippen LogP contribution in [0.5, 0.6) is 5.75 Å². The number of pyridine rings is 2. The number of carbonyl (C=O) groups is 2. The summed E-state index contributed by atoms with van der Waals surface area (Å²) < 4.78 is 32.5. The Morgan fingerprint density at radius 3 is 2.67 bits per heavy atom.